The molecule has 0 fully saturated rings. The topological polar surface area (TPSA) is 90.5 Å². The minimum absolute atomic E-state index is 0.000790. The van der Waals surface area contributed by atoms with Crippen molar-refractivity contribution in [1.82, 2.24) is 0 Å². The first-order chi connectivity index (χ1) is 16.1. The van der Waals surface area contributed by atoms with Crippen LogP contribution in [0, 0.1) is 0 Å². The van der Waals surface area contributed by atoms with E-state index in [1.54, 1.807) is 54.6 Å². The van der Waals surface area contributed by atoms with E-state index in [1.807, 2.05) is 24.1 Å². The van der Waals surface area contributed by atoms with Gasteiger partial charge in [0, 0.05) is 18.2 Å². The summed E-state index contributed by atoms with van der Waals surface area (Å²) < 4.78 is 0. The van der Waals surface area contributed by atoms with Gasteiger partial charge in [-0.1, -0.05) is 45.0 Å². The molecule has 7 heteroatoms. The van der Waals surface area contributed by atoms with Crippen LogP contribution in [-0.2, 0) is 10.2 Å². The van der Waals surface area contributed by atoms with Gasteiger partial charge in [-0.2, -0.15) is 0 Å². The van der Waals surface area contributed by atoms with Crippen molar-refractivity contribution in [1.29, 1.82) is 0 Å². The van der Waals surface area contributed by atoms with Gasteiger partial charge in [0.1, 0.15) is 0 Å². The maximum atomic E-state index is 13.0. The van der Waals surface area contributed by atoms with Crippen LogP contribution in [0.25, 0.3) is 0 Å². The number of hydrogen-bond acceptors (Lipinski definition) is 4. The first kappa shape index (κ1) is 23.0. The normalized spacial score (nSPS) is 13.1. The highest BCUT2D eigenvalue weighted by atomic mass is 16.2. The minimum Gasteiger partial charge on any atom is -0.364 e. The molecule has 1 heterocycles. The van der Waals surface area contributed by atoms with Gasteiger partial charge in [0.05, 0.1) is 29.3 Å². The molecule has 0 radical (unpaired) electrons. The van der Waals surface area contributed by atoms with Gasteiger partial charge in [0.2, 0.25) is 5.91 Å². The molecule has 0 spiro atoms. The summed E-state index contributed by atoms with van der Waals surface area (Å²) in [5.74, 6) is -0.737. The lowest BCUT2D eigenvalue weighted by Gasteiger charge is -2.27. The van der Waals surface area contributed by atoms with Crippen molar-refractivity contribution in [2.45, 2.75) is 26.2 Å². The van der Waals surface area contributed by atoms with Gasteiger partial charge in [-0.25, -0.2) is 0 Å². The summed E-state index contributed by atoms with van der Waals surface area (Å²) in [7, 11) is 1.83. The van der Waals surface area contributed by atoms with Crippen LogP contribution in [0.15, 0.2) is 66.7 Å². The molecule has 0 aliphatic carbocycles. The van der Waals surface area contributed by atoms with Crippen LogP contribution in [-0.4, -0.2) is 31.3 Å². The third kappa shape index (κ3) is 4.93. The Morgan fingerprint density at radius 2 is 1.41 bits per heavy atom. The van der Waals surface area contributed by atoms with Crippen LogP contribution in [0.5, 0.6) is 0 Å². The van der Waals surface area contributed by atoms with Crippen LogP contribution in [0.1, 0.15) is 47.1 Å². The number of para-hydroxylation sites is 2. The van der Waals surface area contributed by atoms with Gasteiger partial charge >= 0.3 is 0 Å². The van der Waals surface area contributed by atoms with E-state index in [4.69, 9.17) is 0 Å². The molecule has 0 aromatic heterocycles. The van der Waals surface area contributed by atoms with Gasteiger partial charge in [-0.05, 0) is 53.4 Å². The molecule has 0 atom stereocenters. The minimum atomic E-state index is -0.346. The number of fused-ring (bicyclic) bond motifs is 1. The summed E-state index contributed by atoms with van der Waals surface area (Å²) in [6.07, 6.45) is 0. The molecule has 0 unspecified atom stereocenters. The first-order valence-corrected chi connectivity index (χ1v) is 11.1. The first-order valence-electron chi connectivity index (χ1n) is 11.1. The summed E-state index contributed by atoms with van der Waals surface area (Å²) in [6.45, 7) is 6.63. The fraction of sp³-hybridized carbons (Fsp3) is 0.222. The van der Waals surface area contributed by atoms with E-state index in [9.17, 15) is 14.4 Å². The lowest BCUT2D eigenvalue weighted by atomic mass is 9.87. The highest BCUT2D eigenvalue weighted by Crippen LogP contribution is 2.30. The van der Waals surface area contributed by atoms with E-state index in [-0.39, 0.29) is 29.7 Å². The molecular formula is C27H28N4O3. The molecular weight excluding hydrogens is 428 g/mol. The SMILES string of the molecule is CN1CC(=O)Nc2cc(C(=O)Nc3ccccc3NC(=O)c3ccc(C(C)(C)C)cc3)ccc21. The van der Waals surface area contributed by atoms with Crippen LogP contribution in [0.2, 0.25) is 0 Å². The number of amides is 3. The fourth-order valence-electron chi connectivity index (χ4n) is 3.81. The van der Waals surface area contributed by atoms with Crippen molar-refractivity contribution in [3.63, 3.8) is 0 Å². The number of rotatable bonds is 4. The van der Waals surface area contributed by atoms with Gasteiger partial charge in [0.25, 0.3) is 11.8 Å². The number of carbonyl (C=O) groups excluding carboxylic acids is 3. The Morgan fingerprint density at radius 1 is 0.853 bits per heavy atom. The molecule has 1 aliphatic heterocycles. The smallest absolute Gasteiger partial charge is 0.255 e. The van der Waals surface area contributed by atoms with Crippen molar-refractivity contribution in [3.05, 3.63) is 83.4 Å². The number of benzene rings is 3. The van der Waals surface area contributed by atoms with Crippen molar-refractivity contribution in [2.75, 3.05) is 34.4 Å². The van der Waals surface area contributed by atoms with E-state index in [0.29, 0.717) is 28.2 Å². The average molecular weight is 457 g/mol. The fourth-order valence-corrected chi connectivity index (χ4v) is 3.81. The quantitative estimate of drug-likeness (QED) is 0.522. The monoisotopic (exact) mass is 456 g/mol. The standard InChI is InChI=1S/C27H28N4O3/c1-27(2,3)19-12-9-17(10-13-19)25(33)29-20-7-5-6-8-21(20)30-26(34)18-11-14-23-22(15-18)28-24(32)16-31(23)4/h5-15H,16H2,1-4H3,(H,28,32)(H,29,33)(H,30,34). The number of anilines is 4. The molecule has 3 aromatic carbocycles. The molecule has 1 aliphatic rings. The van der Waals surface area contributed by atoms with Gasteiger partial charge in [-0.15, -0.1) is 0 Å². The average Bonchev–Trinajstić information content (AvgIpc) is 2.79. The molecule has 0 saturated carbocycles. The molecule has 0 saturated heterocycles. The molecule has 3 aromatic rings. The maximum absolute atomic E-state index is 13.0. The van der Waals surface area contributed by atoms with Crippen LogP contribution < -0.4 is 20.9 Å². The van der Waals surface area contributed by atoms with Crippen molar-refractivity contribution in [3.8, 4) is 0 Å². The molecule has 0 bridgehead atoms. The third-order valence-electron chi connectivity index (χ3n) is 5.76. The van der Waals surface area contributed by atoms with Crippen molar-refractivity contribution >= 4 is 40.5 Å². The Kier molecular flexibility index (Phi) is 6.11. The molecule has 174 valence electrons. The summed E-state index contributed by atoms with van der Waals surface area (Å²) in [6, 6.07) is 19.7. The van der Waals surface area contributed by atoms with Crippen LogP contribution >= 0.6 is 0 Å². The Morgan fingerprint density at radius 3 is 2.00 bits per heavy atom. The molecule has 4 rings (SSSR count). The number of likely N-dealkylation sites (N-methyl/N-ethyl adjacent to an activating group) is 1. The molecule has 7 nitrogen and oxygen atoms in total. The van der Waals surface area contributed by atoms with Gasteiger partial charge < -0.3 is 20.9 Å². The summed E-state index contributed by atoms with van der Waals surface area (Å²) in [4.78, 5) is 39.5. The second kappa shape index (κ2) is 9.02. The van der Waals surface area contributed by atoms with E-state index in [0.717, 1.165) is 11.3 Å². The second-order valence-corrected chi connectivity index (χ2v) is 9.42. The third-order valence-corrected chi connectivity index (χ3v) is 5.76. The zero-order chi connectivity index (χ0) is 24.5. The highest BCUT2D eigenvalue weighted by molar-refractivity contribution is 6.11. The van der Waals surface area contributed by atoms with Crippen LogP contribution in [0.4, 0.5) is 22.7 Å². The maximum Gasteiger partial charge on any atom is 0.255 e. The molecule has 34 heavy (non-hydrogen) atoms. The number of carbonyl (C=O) groups is 3. The predicted molar refractivity (Wildman–Crippen MR) is 136 cm³/mol. The lowest BCUT2D eigenvalue weighted by molar-refractivity contribution is -0.115. The zero-order valence-electron chi connectivity index (χ0n) is 19.7. The van der Waals surface area contributed by atoms with Gasteiger partial charge in [0.15, 0.2) is 0 Å². The summed E-state index contributed by atoms with van der Waals surface area (Å²) in [5, 5.41) is 8.55. The summed E-state index contributed by atoms with van der Waals surface area (Å²) >= 11 is 0. The largest absolute Gasteiger partial charge is 0.364 e. The van der Waals surface area contributed by atoms with Crippen LogP contribution in [0.3, 0.4) is 0 Å². The lowest BCUT2D eigenvalue weighted by Crippen LogP contribution is -2.35. The van der Waals surface area contributed by atoms with E-state index in [1.165, 1.54) is 0 Å². The highest BCUT2D eigenvalue weighted by Gasteiger charge is 2.21. The molecule has 3 amide bonds. The Balaban J connectivity index is 1.51. The Hall–Kier alpha value is -4.13. The summed E-state index contributed by atoms with van der Waals surface area (Å²) in [5.41, 5.74) is 4.48. The zero-order valence-corrected chi connectivity index (χ0v) is 19.7. The number of nitrogens with one attached hydrogen (secondary N) is 3. The second-order valence-electron chi connectivity index (χ2n) is 9.42. The van der Waals surface area contributed by atoms with Crippen molar-refractivity contribution < 1.29 is 14.4 Å². The van der Waals surface area contributed by atoms with Gasteiger partial charge in [-0.3, -0.25) is 14.4 Å². The van der Waals surface area contributed by atoms with E-state index in [2.05, 4.69) is 36.7 Å². The van der Waals surface area contributed by atoms with E-state index >= 15 is 0 Å². The number of nitrogens with zero attached hydrogens (tertiary/aromatic N) is 1. The predicted octanol–water partition coefficient (Wildman–Crippen LogP) is 4.88. The van der Waals surface area contributed by atoms with E-state index < -0.39 is 0 Å². The number of hydrogen-bond donors (Lipinski definition) is 3. The Labute approximate surface area is 199 Å². The molecule has 3 N–H and O–H groups in total. The van der Waals surface area contributed by atoms with Crippen molar-refractivity contribution in [2.24, 2.45) is 0 Å². The Bertz CT molecular complexity index is 1260.